The second-order valence-electron chi connectivity index (χ2n) is 6.72. The molecule has 0 aromatic heterocycles. The second kappa shape index (κ2) is 6.81. The number of nitrogens with zero attached hydrogens (tertiary/aromatic N) is 1. The lowest BCUT2D eigenvalue weighted by Gasteiger charge is -2.34. The van der Waals surface area contributed by atoms with Crippen LogP contribution in [0.3, 0.4) is 0 Å². The molecule has 1 amide bonds. The Bertz CT molecular complexity index is 658. The molecule has 1 heterocycles. The molecule has 1 aromatic carbocycles. The maximum Gasteiger partial charge on any atom is 0.410 e. The number of likely N-dealkylation sites (tertiary alicyclic amines) is 1. The number of halogens is 1. The Morgan fingerprint density at radius 2 is 1.78 bits per heavy atom. The number of hydrogen-bond acceptors (Lipinski definition) is 4. The summed E-state index contributed by atoms with van der Waals surface area (Å²) >= 11 is 3.34. The smallest absolute Gasteiger partial charge is 0.410 e. The normalized spacial score (nSPS) is 19.2. The molecular formula is C16H23BrN2O3S. The molecule has 1 N–H and O–H groups in total. The Labute approximate surface area is 146 Å². The molecule has 1 atom stereocenters. The van der Waals surface area contributed by atoms with E-state index in [-0.39, 0.29) is 11.3 Å². The molecular weight excluding hydrogens is 380 g/mol. The first-order valence-electron chi connectivity index (χ1n) is 7.61. The highest BCUT2D eigenvalue weighted by molar-refractivity contribution is 9.10. The highest BCUT2D eigenvalue weighted by Crippen LogP contribution is 2.27. The Kier molecular flexibility index (Phi) is 5.41. The number of carbonyl (C=O) groups is 1. The van der Waals surface area contributed by atoms with Crippen molar-refractivity contribution in [1.82, 2.24) is 4.90 Å². The Balaban J connectivity index is 2.01. The van der Waals surface area contributed by atoms with E-state index in [1.807, 2.05) is 20.8 Å². The van der Waals surface area contributed by atoms with E-state index in [1.54, 1.807) is 29.2 Å². The van der Waals surface area contributed by atoms with Gasteiger partial charge in [-0.3, -0.25) is 0 Å². The number of hydrogen-bond donors (Lipinski definition) is 1. The summed E-state index contributed by atoms with van der Waals surface area (Å²) in [5.41, 5.74) is -0.520. The van der Waals surface area contributed by atoms with E-state index in [0.29, 0.717) is 30.8 Å². The van der Waals surface area contributed by atoms with Gasteiger partial charge in [0.1, 0.15) is 5.60 Å². The molecule has 128 valence electrons. The van der Waals surface area contributed by atoms with Crippen LogP contribution in [0.5, 0.6) is 0 Å². The van der Waals surface area contributed by atoms with Gasteiger partial charge in [-0.05, 0) is 57.9 Å². The van der Waals surface area contributed by atoms with Crippen LogP contribution >= 0.6 is 15.9 Å². The highest BCUT2D eigenvalue weighted by Gasteiger charge is 2.32. The van der Waals surface area contributed by atoms with Crippen molar-refractivity contribution in [2.24, 2.45) is 0 Å². The molecule has 0 radical (unpaired) electrons. The van der Waals surface area contributed by atoms with Gasteiger partial charge < -0.3 is 9.64 Å². The molecule has 0 bridgehead atoms. The number of ether oxygens (including phenoxy) is 1. The Morgan fingerprint density at radius 1 is 1.26 bits per heavy atom. The number of piperidine rings is 1. The minimum Gasteiger partial charge on any atom is -0.444 e. The summed E-state index contributed by atoms with van der Waals surface area (Å²) in [7, 11) is -2.86. The highest BCUT2D eigenvalue weighted by atomic mass is 79.9. The number of benzene rings is 1. The van der Waals surface area contributed by atoms with Crippen LogP contribution in [0.1, 0.15) is 33.6 Å². The first-order valence-corrected chi connectivity index (χ1v) is 10.0. The lowest BCUT2D eigenvalue weighted by molar-refractivity contribution is 0.0218. The molecule has 0 aliphatic carbocycles. The maximum absolute atomic E-state index is 12.9. The predicted octanol–water partition coefficient (Wildman–Crippen LogP) is 4.25. The molecule has 1 aromatic rings. The van der Waals surface area contributed by atoms with Crippen LogP contribution in [0.15, 0.2) is 33.6 Å². The summed E-state index contributed by atoms with van der Waals surface area (Å²) in [6.07, 6.45) is 0.769. The maximum atomic E-state index is 12.9. The van der Waals surface area contributed by atoms with Crippen LogP contribution in [-0.4, -0.2) is 39.1 Å². The average Bonchev–Trinajstić information content (AvgIpc) is 2.46. The fourth-order valence-corrected chi connectivity index (χ4v) is 4.59. The second-order valence-corrected chi connectivity index (χ2v) is 9.98. The van der Waals surface area contributed by atoms with Crippen LogP contribution in [0.4, 0.5) is 4.79 Å². The third-order valence-electron chi connectivity index (χ3n) is 3.73. The first-order chi connectivity index (χ1) is 10.6. The third kappa shape index (κ3) is 4.70. The summed E-state index contributed by atoms with van der Waals surface area (Å²) in [5.74, 6) is 0. The standard InChI is InChI=1S/C16H23BrN2O3S/c1-16(2,3)22-15(20)19-10-8-14(9-11-19)23(18,21)13-6-4-12(17)5-7-13/h4-7,14,18H,8-11H2,1-3H3. The van der Waals surface area contributed by atoms with E-state index in [0.717, 1.165) is 4.47 Å². The molecule has 23 heavy (non-hydrogen) atoms. The van der Waals surface area contributed by atoms with Crippen molar-refractivity contribution >= 4 is 31.8 Å². The molecule has 5 nitrogen and oxygen atoms in total. The van der Waals surface area contributed by atoms with Crippen LogP contribution in [0.2, 0.25) is 0 Å². The lowest BCUT2D eigenvalue weighted by Crippen LogP contribution is -2.44. The fourth-order valence-electron chi connectivity index (χ4n) is 2.53. The summed E-state index contributed by atoms with van der Waals surface area (Å²) in [5, 5.41) is -0.234. The summed E-state index contributed by atoms with van der Waals surface area (Å²) in [4.78, 5) is 14.2. The van der Waals surface area contributed by atoms with E-state index >= 15 is 0 Å². The summed E-state index contributed by atoms with van der Waals surface area (Å²) in [6.45, 7) is 6.46. The van der Waals surface area contributed by atoms with Crippen LogP contribution < -0.4 is 0 Å². The average molecular weight is 403 g/mol. The molecule has 1 aliphatic heterocycles. The van der Waals surface area contributed by atoms with E-state index in [2.05, 4.69) is 15.9 Å². The van der Waals surface area contributed by atoms with Gasteiger partial charge in [0.05, 0.1) is 15.0 Å². The lowest BCUT2D eigenvalue weighted by atomic mass is 10.1. The van der Waals surface area contributed by atoms with Crippen LogP contribution in [0.25, 0.3) is 0 Å². The van der Waals surface area contributed by atoms with Crippen molar-refractivity contribution in [3.8, 4) is 0 Å². The van der Waals surface area contributed by atoms with E-state index < -0.39 is 15.3 Å². The zero-order valence-electron chi connectivity index (χ0n) is 13.7. The molecule has 1 unspecified atom stereocenters. The van der Waals surface area contributed by atoms with Crippen molar-refractivity contribution in [1.29, 1.82) is 4.78 Å². The Morgan fingerprint density at radius 3 is 2.26 bits per heavy atom. The van der Waals surface area contributed by atoms with Gasteiger partial charge in [-0.15, -0.1) is 0 Å². The topological polar surface area (TPSA) is 70.5 Å². The van der Waals surface area contributed by atoms with Crippen molar-refractivity contribution < 1.29 is 13.7 Å². The van der Waals surface area contributed by atoms with E-state index in [4.69, 9.17) is 9.52 Å². The Hall–Kier alpha value is -1.08. The van der Waals surface area contributed by atoms with Gasteiger partial charge in [0.2, 0.25) is 0 Å². The van der Waals surface area contributed by atoms with E-state index in [1.165, 1.54) is 0 Å². The fraction of sp³-hybridized carbons (Fsp3) is 0.562. The number of amides is 1. The van der Waals surface area contributed by atoms with Gasteiger partial charge in [-0.1, -0.05) is 15.9 Å². The molecule has 1 saturated heterocycles. The first kappa shape index (κ1) is 18.3. The zero-order valence-corrected chi connectivity index (χ0v) is 16.1. The molecule has 1 aliphatic rings. The SMILES string of the molecule is CC(C)(C)OC(=O)N1CCC(S(=N)(=O)c2ccc(Br)cc2)CC1. The van der Waals surface area contributed by atoms with Crippen molar-refractivity contribution in [2.75, 3.05) is 13.1 Å². The van der Waals surface area contributed by atoms with E-state index in [9.17, 15) is 9.00 Å². The van der Waals surface area contributed by atoms with Gasteiger partial charge in [-0.25, -0.2) is 13.8 Å². The molecule has 2 rings (SSSR count). The summed E-state index contributed by atoms with van der Waals surface area (Å²) in [6, 6.07) is 7.08. The quantitative estimate of drug-likeness (QED) is 0.803. The minimum absolute atomic E-state index is 0.234. The van der Waals surface area contributed by atoms with Gasteiger partial charge in [0.25, 0.3) is 0 Å². The molecule has 7 heteroatoms. The van der Waals surface area contributed by atoms with Gasteiger partial charge in [0.15, 0.2) is 0 Å². The predicted molar refractivity (Wildman–Crippen MR) is 94.1 cm³/mol. The number of rotatable bonds is 2. The van der Waals surface area contributed by atoms with Gasteiger partial charge in [0, 0.05) is 22.5 Å². The van der Waals surface area contributed by atoms with Crippen LogP contribution in [-0.2, 0) is 14.5 Å². The van der Waals surface area contributed by atoms with Crippen LogP contribution in [0, 0.1) is 4.78 Å². The number of carbonyl (C=O) groups excluding carboxylic acids is 1. The van der Waals surface area contributed by atoms with Crippen molar-refractivity contribution in [2.45, 2.75) is 49.4 Å². The minimum atomic E-state index is -2.86. The zero-order chi connectivity index (χ0) is 17.3. The van der Waals surface area contributed by atoms with Crippen molar-refractivity contribution in [3.63, 3.8) is 0 Å². The largest absolute Gasteiger partial charge is 0.444 e. The monoisotopic (exact) mass is 402 g/mol. The third-order valence-corrected chi connectivity index (χ3v) is 6.64. The molecule has 1 fully saturated rings. The molecule has 0 saturated carbocycles. The van der Waals surface area contributed by atoms with Gasteiger partial charge in [-0.2, -0.15) is 0 Å². The summed E-state index contributed by atoms with van der Waals surface area (Å²) < 4.78 is 27.5. The molecule has 0 spiro atoms. The van der Waals surface area contributed by atoms with Crippen molar-refractivity contribution in [3.05, 3.63) is 28.7 Å². The van der Waals surface area contributed by atoms with Gasteiger partial charge >= 0.3 is 6.09 Å². The number of nitrogens with one attached hydrogen (secondary N) is 1.